The van der Waals surface area contributed by atoms with E-state index in [1.165, 1.54) is 18.3 Å². The summed E-state index contributed by atoms with van der Waals surface area (Å²) in [4.78, 5) is 76.7. The first kappa shape index (κ1) is 32.6. The largest absolute Gasteiger partial charge is 0.799 e. The van der Waals surface area contributed by atoms with Crippen LogP contribution in [0.4, 0.5) is 17.5 Å². The molecule has 17 nitrogen and oxygen atoms in total. The molecule has 0 radical (unpaired) electrons. The fourth-order valence-electron chi connectivity index (χ4n) is 4.08. The molecule has 0 saturated carbocycles. The van der Waals surface area contributed by atoms with Crippen LogP contribution in [0.5, 0.6) is 0 Å². The van der Waals surface area contributed by atoms with Crippen molar-refractivity contribution in [1.29, 1.82) is 0 Å². The molecular formula is C25H27N8O9P-4. The summed E-state index contributed by atoms with van der Waals surface area (Å²) in [6, 6.07) is 4.32. The molecule has 1 aromatic carbocycles. The van der Waals surface area contributed by atoms with Crippen LogP contribution < -0.4 is 41.9 Å². The summed E-state index contributed by atoms with van der Waals surface area (Å²) in [6.07, 6.45) is -2.05. The third-order valence-electron chi connectivity index (χ3n) is 6.35. The summed E-state index contributed by atoms with van der Waals surface area (Å²) >= 11 is 0. The van der Waals surface area contributed by atoms with E-state index in [4.69, 9.17) is 11.5 Å². The maximum absolute atomic E-state index is 12.7. The van der Waals surface area contributed by atoms with E-state index in [2.05, 4.69) is 25.3 Å². The number of carbonyl (C=O) groups excluding carboxylic acids is 4. The molecule has 2 heterocycles. The van der Waals surface area contributed by atoms with Crippen LogP contribution in [0.2, 0.25) is 0 Å². The van der Waals surface area contributed by atoms with Gasteiger partial charge in [-0.2, -0.15) is 9.97 Å². The Bertz CT molecular complexity index is 1570. The topological polar surface area (TPSA) is 296 Å². The quantitative estimate of drug-likeness (QED) is 0.137. The van der Waals surface area contributed by atoms with E-state index in [1.807, 2.05) is 0 Å². The molecule has 230 valence electrons. The second-order valence-corrected chi connectivity index (χ2v) is 12.1. The fourth-order valence-corrected chi connectivity index (χ4v) is 5.92. The molecule has 0 aliphatic heterocycles. The Morgan fingerprint density at radius 2 is 1.67 bits per heavy atom. The van der Waals surface area contributed by atoms with Crippen molar-refractivity contribution in [2.75, 3.05) is 35.7 Å². The minimum absolute atomic E-state index is 0.0284. The predicted octanol–water partition coefficient (Wildman–Crippen LogP) is -4.01. The van der Waals surface area contributed by atoms with Gasteiger partial charge in [0.25, 0.3) is 5.91 Å². The number of rotatable bonds is 15. The molecule has 0 aliphatic carbocycles. The Labute approximate surface area is 244 Å². The number of nitrogens with two attached hydrogens (primary N) is 2. The molecule has 5 N–H and O–H groups in total. The van der Waals surface area contributed by atoms with Gasteiger partial charge in [0.2, 0.25) is 5.95 Å². The third kappa shape index (κ3) is 9.31. The molecule has 0 fully saturated rings. The third-order valence-corrected chi connectivity index (χ3v) is 8.28. The first-order valence-electron chi connectivity index (χ1n) is 12.7. The van der Waals surface area contributed by atoms with Gasteiger partial charge in [0.1, 0.15) is 0 Å². The van der Waals surface area contributed by atoms with E-state index in [0.29, 0.717) is 11.4 Å². The maximum Gasteiger partial charge on any atom is 0.251 e. The van der Waals surface area contributed by atoms with Gasteiger partial charge in [0, 0.05) is 43.5 Å². The van der Waals surface area contributed by atoms with E-state index in [-0.39, 0.29) is 35.0 Å². The van der Waals surface area contributed by atoms with Crippen LogP contribution >= 0.6 is 7.37 Å². The van der Waals surface area contributed by atoms with Gasteiger partial charge in [-0.25, -0.2) is 9.97 Å². The van der Waals surface area contributed by atoms with Crippen LogP contribution in [-0.2, 0) is 25.5 Å². The van der Waals surface area contributed by atoms with Gasteiger partial charge in [-0.3, -0.25) is 4.79 Å². The highest BCUT2D eigenvalue weighted by Gasteiger charge is 2.22. The number of amides is 1. The minimum atomic E-state index is -4.50. The maximum atomic E-state index is 12.7. The van der Waals surface area contributed by atoms with Crippen molar-refractivity contribution in [3.05, 3.63) is 41.7 Å². The zero-order valence-corrected chi connectivity index (χ0v) is 23.7. The average Bonchev–Trinajstić information content (AvgIpc) is 2.93. The van der Waals surface area contributed by atoms with Gasteiger partial charge < -0.3 is 60.8 Å². The van der Waals surface area contributed by atoms with Crippen molar-refractivity contribution in [2.24, 2.45) is 5.92 Å². The van der Waals surface area contributed by atoms with Crippen LogP contribution in [0, 0.1) is 5.92 Å². The number of aromatic nitrogens is 4. The lowest BCUT2D eigenvalue weighted by molar-refractivity contribution is -0.313. The van der Waals surface area contributed by atoms with Crippen molar-refractivity contribution < 1.29 is 44.0 Å². The zero-order valence-electron chi connectivity index (χ0n) is 22.8. The Morgan fingerprint density at radius 3 is 2.28 bits per heavy atom. The van der Waals surface area contributed by atoms with Gasteiger partial charge in [-0.15, -0.1) is 0 Å². The standard InChI is InChI=1S/C25H31N8O9P/c1-33(11-15-10-28-21-19(29-15)20(26)31-25(27)32-21)16-5-2-13(3-6-16)22(36)30-17(24(39)40)8-9-43(41,42)12-14(23(37)38)4-7-18(34)35/h2-3,5-6,10,14,17H,4,7-9,11-12H2,1H3,(H,30,36)(H,34,35)(H,37,38)(H,39,40)(H,41,42)(H4,26,27,28,31,32)/p-4/t14-,17-/m1/s1. The number of nitrogens with one attached hydrogen (secondary N) is 1. The molecule has 43 heavy (non-hydrogen) atoms. The smallest absolute Gasteiger partial charge is 0.251 e. The number of nitrogen functional groups attached to an aromatic ring is 2. The molecule has 0 bridgehead atoms. The lowest BCUT2D eigenvalue weighted by Crippen LogP contribution is -2.48. The van der Waals surface area contributed by atoms with Crippen molar-refractivity contribution in [1.82, 2.24) is 25.3 Å². The van der Waals surface area contributed by atoms with Crippen LogP contribution in [0.3, 0.4) is 0 Å². The van der Waals surface area contributed by atoms with Gasteiger partial charge >= 0.3 is 0 Å². The summed E-state index contributed by atoms with van der Waals surface area (Å²) in [7, 11) is -2.75. The number of hydrogen-bond donors (Lipinski definition) is 3. The van der Waals surface area contributed by atoms with Crippen molar-refractivity contribution in [2.45, 2.75) is 31.8 Å². The molecule has 1 unspecified atom stereocenters. The summed E-state index contributed by atoms with van der Waals surface area (Å²) in [6.45, 7) is 0.284. The number of aliphatic carboxylic acids is 3. The highest BCUT2D eigenvalue weighted by molar-refractivity contribution is 7.56. The van der Waals surface area contributed by atoms with Crippen LogP contribution in [0.1, 0.15) is 35.3 Å². The number of carbonyl (C=O) groups is 4. The van der Waals surface area contributed by atoms with E-state index >= 15 is 0 Å². The molecule has 3 atom stereocenters. The molecule has 3 aromatic rings. The number of carboxylic acids is 3. The number of benzene rings is 1. The minimum Gasteiger partial charge on any atom is -0.799 e. The van der Waals surface area contributed by atoms with E-state index < -0.39 is 74.7 Å². The lowest BCUT2D eigenvalue weighted by Gasteiger charge is -2.31. The second kappa shape index (κ2) is 13.8. The number of anilines is 3. The molecule has 0 spiro atoms. The van der Waals surface area contributed by atoms with Crippen LogP contribution in [-0.4, -0.2) is 69.2 Å². The van der Waals surface area contributed by atoms with E-state index in [0.717, 1.165) is 0 Å². The highest BCUT2D eigenvalue weighted by Crippen LogP contribution is 2.39. The number of fused-ring (bicyclic) bond motifs is 1. The molecule has 3 rings (SSSR count). The summed E-state index contributed by atoms with van der Waals surface area (Å²) < 4.78 is 12.4. The van der Waals surface area contributed by atoms with Crippen molar-refractivity contribution in [3.63, 3.8) is 0 Å². The Kier molecular flexibility index (Phi) is 10.5. The average molecular weight is 615 g/mol. The normalized spacial score (nSPS) is 13.9. The fraction of sp³-hybridized carbons (Fsp3) is 0.360. The molecule has 1 amide bonds. The van der Waals surface area contributed by atoms with Crippen molar-refractivity contribution in [3.8, 4) is 0 Å². The van der Waals surface area contributed by atoms with E-state index in [1.54, 1.807) is 24.1 Å². The van der Waals surface area contributed by atoms with Gasteiger partial charge in [0.15, 0.2) is 17.0 Å². The highest BCUT2D eigenvalue weighted by atomic mass is 31.2. The van der Waals surface area contributed by atoms with E-state index in [9.17, 15) is 44.0 Å². The van der Waals surface area contributed by atoms with Gasteiger partial charge in [-0.1, -0.05) is 0 Å². The molecule has 0 saturated heterocycles. The SMILES string of the molecule is CN(Cc1cnc2nc(N)nc(N)c2n1)c1ccc(C(=O)N[C@H](CCP(=O)([O-])C[C@@H](CCC(=O)[O-])C(=O)[O-])C(=O)[O-])cc1. The zero-order chi connectivity index (χ0) is 31.9. The molecule has 0 aliphatic rings. The monoisotopic (exact) mass is 614 g/mol. The van der Waals surface area contributed by atoms with Crippen LogP contribution in [0.25, 0.3) is 11.2 Å². The van der Waals surface area contributed by atoms with Gasteiger partial charge in [0.05, 0.1) is 30.4 Å². The first-order valence-corrected chi connectivity index (χ1v) is 14.7. The predicted molar refractivity (Wildman–Crippen MR) is 143 cm³/mol. The van der Waals surface area contributed by atoms with Crippen LogP contribution in [0.15, 0.2) is 30.5 Å². The molecular weight excluding hydrogens is 587 g/mol. The molecule has 2 aromatic heterocycles. The number of carboxylic acid groups (broad SMARTS) is 3. The first-order chi connectivity index (χ1) is 20.1. The summed E-state index contributed by atoms with van der Waals surface area (Å²) in [5, 5.41) is 35.6. The second-order valence-electron chi connectivity index (χ2n) is 9.68. The number of hydrogen-bond acceptors (Lipinski definition) is 16. The molecule has 18 heteroatoms. The Hall–Kier alpha value is -4.89. The summed E-state index contributed by atoms with van der Waals surface area (Å²) in [5.41, 5.74) is 13.2. The number of nitrogens with zero attached hydrogens (tertiary/aromatic N) is 5. The lowest BCUT2D eigenvalue weighted by atomic mass is 10.1. The summed E-state index contributed by atoms with van der Waals surface area (Å²) in [5.74, 6) is -7.44. The Morgan fingerprint density at radius 1 is 1.00 bits per heavy atom. The van der Waals surface area contributed by atoms with Crippen molar-refractivity contribution >= 4 is 59.8 Å². The Balaban J connectivity index is 1.60. The van der Waals surface area contributed by atoms with Gasteiger partial charge in [-0.05, 0) is 55.9 Å².